The Morgan fingerprint density at radius 1 is 0.500 bits per heavy atom. The maximum absolute atomic E-state index is 5.22. The van der Waals surface area contributed by atoms with Crippen LogP contribution in [0.3, 0.4) is 0 Å². The maximum Gasteiger partial charge on any atom is 0.220 e. The Hall–Kier alpha value is -6.39. The van der Waals surface area contributed by atoms with Gasteiger partial charge in [-0.25, -0.2) is 4.98 Å². The van der Waals surface area contributed by atoms with Crippen LogP contribution in [0.5, 0.6) is 0 Å². The van der Waals surface area contributed by atoms with Gasteiger partial charge in [0.15, 0.2) is 0 Å². The van der Waals surface area contributed by atoms with Crippen LogP contribution in [0.2, 0.25) is 0 Å². The van der Waals surface area contributed by atoms with E-state index in [2.05, 4.69) is 198 Å². The molecule has 10 rings (SSSR count). The maximum atomic E-state index is 5.22. The largest absolute Gasteiger partial charge is 0.308 e. The van der Waals surface area contributed by atoms with Gasteiger partial charge in [-0.2, -0.15) is 0 Å². The third-order valence-corrected chi connectivity index (χ3v) is 10.5. The third-order valence-electron chi connectivity index (χ3n) is 10.5. The molecule has 1 aliphatic carbocycles. The second-order valence-corrected chi connectivity index (χ2v) is 13.7. The van der Waals surface area contributed by atoms with Gasteiger partial charge in [0.25, 0.3) is 0 Å². The number of anilines is 3. The highest BCUT2D eigenvalue weighted by Gasteiger charge is 2.36. The zero-order valence-corrected chi connectivity index (χ0v) is 28.0. The zero-order valence-electron chi connectivity index (χ0n) is 28.0. The van der Waals surface area contributed by atoms with Crippen molar-refractivity contribution < 1.29 is 0 Å². The first-order valence-corrected chi connectivity index (χ1v) is 17.2. The highest BCUT2D eigenvalue weighted by atomic mass is 15.2. The van der Waals surface area contributed by atoms with Crippen molar-refractivity contribution in [2.24, 2.45) is 0 Å². The fourth-order valence-corrected chi connectivity index (χ4v) is 8.12. The molecule has 1 aliphatic rings. The molecule has 50 heavy (non-hydrogen) atoms. The molecule has 0 radical (unpaired) electrons. The number of nitrogens with zero attached hydrogens (tertiary/aromatic N) is 4. The fourth-order valence-electron chi connectivity index (χ4n) is 8.12. The van der Waals surface area contributed by atoms with Crippen LogP contribution in [0.1, 0.15) is 25.0 Å². The minimum atomic E-state index is -0.122. The normalized spacial score (nSPS) is 13.2. The van der Waals surface area contributed by atoms with E-state index < -0.39 is 0 Å². The molecule has 2 aromatic heterocycles. The van der Waals surface area contributed by atoms with Crippen molar-refractivity contribution in [1.29, 1.82) is 0 Å². The number of benzene rings is 7. The number of hydrogen-bond acceptors (Lipinski definition) is 2. The molecule has 4 heteroatoms. The second-order valence-electron chi connectivity index (χ2n) is 13.7. The highest BCUT2D eigenvalue weighted by molar-refractivity contribution is 5.94. The van der Waals surface area contributed by atoms with Crippen molar-refractivity contribution in [3.05, 3.63) is 181 Å². The van der Waals surface area contributed by atoms with Gasteiger partial charge in [-0.15, -0.1) is 0 Å². The van der Waals surface area contributed by atoms with Crippen LogP contribution in [-0.2, 0) is 5.41 Å². The summed E-state index contributed by atoms with van der Waals surface area (Å²) in [6.45, 7) is 4.69. The first kappa shape index (κ1) is 28.6. The summed E-state index contributed by atoms with van der Waals surface area (Å²) in [7, 11) is 0. The highest BCUT2D eigenvalue weighted by Crippen LogP contribution is 2.51. The van der Waals surface area contributed by atoms with E-state index in [1.165, 1.54) is 33.4 Å². The standard InChI is InChI=1S/C46H34N4/c1-46(2)37-17-7-6-16-35(37)36-29-28-34(30-38(36)46)48(33-26-24-32(25-27-33)31-14-4-3-5-15-31)41-20-10-11-21-42(41)50-44-23-13-12-22-43(44)49-40-19-9-8-18-39(40)47-45(49)50/h3-30H,1-2H3. The average molecular weight is 643 g/mol. The Balaban J connectivity index is 1.23. The topological polar surface area (TPSA) is 25.5 Å². The van der Waals surface area contributed by atoms with E-state index in [0.29, 0.717) is 0 Å². The summed E-state index contributed by atoms with van der Waals surface area (Å²) in [5, 5.41) is 0. The summed E-state index contributed by atoms with van der Waals surface area (Å²) >= 11 is 0. The van der Waals surface area contributed by atoms with E-state index >= 15 is 0 Å². The molecule has 0 bridgehead atoms. The van der Waals surface area contributed by atoms with E-state index in [4.69, 9.17) is 4.98 Å². The summed E-state index contributed by atoms with van der Waals surface area (Å²) in [5.41, 5.74) is 16.3. The van der Waals surface area contributed by atoms with Crippen LogP contribution >= 0.6 is 0 Å². The molecule has 0 aliphatic heterocycles. The van der Waals surface area contributed by atoms with Gasteiger partial charge < -0.3 is 4.90 Å². The molecule has 0 amide bonds. The van der Waals surface area contributed by atoms with E-state index in [1.54, 1.807) is 0 Å². The van der Waals surface area contributed by atoms with E-state index in [1.807, 2.05) is 0 Å². The van der Waals surface area contributed by atoms with Gasteiger partial charge in [0, 0.05) is 16.8 Å². The molecule has 2 heterocycles. The van der Waals surface area contributed by atoms with Gasteiger partial charge in [-0.1, -0.05) is 123 Å². The molecule has 0 saturated carbocycles. The minimum Gasteiger partial charge on any atom is -0.308 e. The quantitative estimate of drug-likeness (QED) is 0.187. The molecular formula is C46H34N4. The van der Waals surface area contributed by atoms with Crippen LogP contribution in [0, 0.1) is 0 Å². The number of hydrogen-bond donors (Lipinski definition) is 0. The molecule has 0 fully saturated rings. The van der Waals surface area contributed by atoms with Crippen LogP contribution in [0.15, 0.2) is 170 Å². The summed E-state index contributed by atoms with van der Waals surface area (Å²) in [6, 6.07) is 61.1. The van der Waals surface area contributed by atoms with Gasteiger partial charge in [0.2, 0.25) is 5.78 Å². The van der Waals surface area contributed by atoms with Gasteiger partial charge >= 0.3 is 0 Å². The molecule has 0 N–H and O–H groups in total. The second kappa shape index (κ2) is 10.8. The molecule has 0 spiro atoms. The average Bonchev–Trinajstić information content (AvgIpc) is 3.77. The number of fused-ring (bicyclic) bond motifs is 8. The Kier molecular flexibility index (Phi) is 6.19. The zero-order chi connectivity index (χ0) is 33.4. The lowest BCUT2D eigenvalue weighted by Gasteiger charge is -2.30. The molecule has 238 valence electrons. The van der Waals surface area contributed by atoms with Crippen LogP contribution in [-0.4, -0.2) is 14.0 Å². The summed E-state index contributed by atoms with van der Waals surface area (Å²) in [6.07, 6.45) is 0. The molecular weight excluding hydrogens is 609 g/mol. The van der Waals surface area contributed by atoms with Crippen LogP contribution in [0.25, 0.3) is 55.8 Å². The Labute approximate surface area is 291 Å². The number of rotatable bonds is 5. The summed E-state index contributed by atoms with van der Waals surface area (Å²) in [5.74, 6) is 0.893. The molecule has 9 aromatic rings. The molecule has 0 saturated heterocycles. The Morgan fingerprint density at radius 2 is 1.12 bits per heavy atom. The number of aromatic nitrogens is 3. The molecule has 0 atom stereocenters. The predicted octanol–water partition coefficient (Wildman–Crippen LogP) is 11.9. The van der Waals surface area contributed by atoms with Gasteiger partial charge in [0.05, 0.1) is 33.4 Å². The van der Waals surface area contributed by atoms with Crippen LogP contribution < -0.4 is 4.90 Å². The van der Waals surface area contributed by atoms with Crippen molar-refractivity contribution >= 4 is 44.9 Å². The number of para-hydroxylation sites is 6. The predicted molar refractivity (Wildman–Crippen MR) is 207 cm³/mol. The third kappa shape index (κ3) is 4.15. The van der Waals surface area contributed by atoms with E-state index in [9.17, 15) is 0 Å². The minimum absolute atomic E-state index is 0.122. The van der Waals surface area contributed by atoms with Crippen molar-refractivity contribution in [2.75, 3.05) is 4.90 Å². The van der Waals surface area contributed by atoms with Crippen molar-refractivity contribution in [2.45, 2.75) is 19.3 Å². The monoisotopic (exact) mass is 642 g/mol. The molecule has 7 aromatic carbocycles. The van der Waals surface area contributed by atoms with E-state index in [0.717, 1.165) is 50.6 Å². The lowest BCUT2D eigenvalue weighted by Crippen LogP contribution is -2.17. The summed E-state index contributed by atoms with van der Waals surface area (Å²) in [4.78, 5) is 7.63. The van der Waals surface area contributed by atoms with Crippen molar-refractivity contribution in [3.63, 3.8) is 0 Å². The smallest absolute Gasteiger partial charge is 0.220 e. The Bertz CT molecular complexity index is 2730. The number of imidazole rings is 2. The van der Waals surface area contributed by atoms with Gasteiger partial charge in [0.1, 0.15) is 0 Å². The molecule has 4 nitrogen and oxygen atoms in total. The lowest BCUT2D eigenvalue weighted by molar-refractivity contribution is 0.660. The van der Waals surface area contributed by atoms with Gasteiger partial charge in [-0.3, -0.25) is 8.97 Å². The molecule has 0 unspecified atom stereocenters. The van der Waals surface area contributed by atoms with Crippen LogP contribution in [0.4, 0.5) is 17.1 Å². The first-order chi connectivity index (χ1) is 24.6. The Morgan fingerprint density at radius 3 is 1.96 bits per heavy atom. The lowest BCUT2D eigenvalue weighted by atomic mass is 9.82. The van der Waals surface area contributed by atoms with Crippen molar-refractivity contribution in [3.8, 4) is 27.9 Å². The van der Waals surface area contributed by atoms with Crippen molar-refractivity contribution in [1.82, 2.24) is 14.0 Å². The first-order valence-electron chi connectivity index (χ1n) is 17.2. The fraction of sp³-hybridized carbons (Fsp3) is 0.0652. The SMILES string of the molecule is CC1(C)c2ccccc2-c2ccc(N(c3ccc(-c4ccccc4)cc3)c3ccccc3-n3c4ccccc4n4c5ccccc5nc34)cc21. The van der Waals surface area contributed by atoms with Gasteiger partial charge in [-0.05, 0) is 94.0 Å². The summed E-state index contributed by atoms with van der Waals surface area (Å²) < 4.78 is 4.61. The van der Waals surface area contributed by atoms with E-state index in [-0.39, 0.29) is 5.41 Å².